The van der Waals surface area contributed by atoms with E-state index in [0.29, 0.717) is 18.1 Å². The van der Waals surface area contributed by atoms with Crippen LogP contribution in [0.25, 0.3) is 0 Å². The quantitative estimate of drug-likeness (QED) is 0.737. The fraction of sp³-hybridized carbons (Fsp3) is 0.250. The number of anilines is 1. The molecule has 15 heavy (non-hydrogen) atoms. The fourth-order valence-electron chi connectivity index (χ4n) is 1.09. The van der Waals surface area contributed by atoms with E-state index in [1.165, 1.54) is 17.1 Å². The predicted octanol–water partition coefficient (Wildman–Crippen LogP) is 0.356. The van der Waals surface area contributed by atoms with Crippen LogP contribution in [0.5, 0.6) is 0 Å². The largest absolute Gasteiger partial charge is 0.377 e. The van der Waals surface area contributed by atoms with Gasteiger partial charge in [-0.2, -0.15) is 9.19 Å². The zero-order valence-electron chi connectivity index (χ0n) is 8.05. The van der Waals surface area contributed by atoms with E-state index >= 15 is 0 Å². The van der Waals surface area contributed by atoms with Crippen LogP contribution in [0.1, 0.15) is 5.82 Å². The summed E-state index contributed by atoms with van der Waals surface area (Å²) in [4.78, 5) is 4.81. The van der Waals surface area contributed by atoms with E-state index in [4.69, 9.17) is 0 Å². The molecule has 0 aromatic carbocycles. The Hall–Kier alpha value is -2.05. The molecular weight excluding hydrogens is 199 g/mol. The molecule has 0 saturated carbocycles. The van der Waals surface area contributed by atoms with Crippen molar-refractivity contribution in [2.24, 2.45) is 7.05 Å². The maximum atomic E-state index is 12.7. The van der Waals surface area contributed by atoms with Crippen LogP contribution in [0.3, 0.4) is 0 Å². The number of nitrogens with one attached hydrogen (secondary N) is 1. The number of aryl methyl sites for hydroxylation is 1. The summed E-state index contributed by atoms with van der Waals surface area (Å²) in [5.74, 6) is 0.0295. The Balaban J connectivity index is 1.99. The van der Waals surface area contributed by atoms with Gasteiger partial charge in [-0.25, -0.2) is 4.98 Å². The van der Waals surface area contributed by atoms with Crippen LogP contribution in [-0.4, -0.2) is 25.2 Å². The van der Waals surface area contributed by atoms with Crippen molar-refractivity contribution in [3.05, 3.63) is 30.1 Å². The molecule has 0 bridgehead atoms. The fourth-order valence-corrected chi connectivity index (χ4v) is 1.09. The van der Waals surface area contributed by atoms with E-state index in [1.807, 2.05) is 0 Å². The summed E-state index contributed by atoms with van der Waals surface area (Å²) >= 11 is 0. The molecule has 0 aliphatic carbocycles. The predicted molar refractivity (Wildman–Crippen MR) is 50.3 cm³/mol. The van der Waals surface area contributed by atoms with E-state index in [0.717, 1.165) is 0 Å². The zero-order valence-corrected chi connectivity index (χ0v) is 8.05. The third-order valence-electron chi connectivity index (χ3n) is 1.73. The summed E-state index contributed by atoms with van der Waals surface area (Å²) in [6.07, 6.45) is 1.39. The van der Waals surface area contributed by atoms with Crippen molar-refractivity contribution in [2.75, 3.05) is 5.32 Å². The summed E-state index contributed by atoms with van der Waals surface area (Å²) in [5, 5.41) is 14.4. The second-order valence-electron chi connectivity index (χ2n) is 2.92. The third kappa shape index (κ3) is 2.46. The Morgan fingerprint density at radius 3 is 3.07 bits per heavy atom. The Morgan fingerprint density at radius 1 is 1.53 bits per heavy atom. The first-order valence-electron chi connectivity index (χ1n) is 4.32. The highest BCUT2D eigenvalue weighted by molar-refractivity contribution is 5.41. The summed E-state index contributed by atoms with van der Waals surface area (Å²) in [5.41, 5.74) is 0.634. The van der Waals surface area contributed by atoms with Gasteiger partial charge in [-0.05, 0) is 11.3 Å². The van der Waals surface area contributed by atoms with E-state index in [1.54, 1.807) is 13.1 Å². The molecule has 78 valence electrons. The first kappa shape index (κ1) is 9.50. The van der Waals surface area contributed by atoms with Crippen molar-refractivity contribution >= 4 is 5.69 Å². The van der Waals surface area contributed by atoms with Gasteiger partial charge in [0.25, 0.3) is 0 Å². The van der Waals surface area contributed by atoms with Crippen molar-refractivity contribution in [3.8, 4) is 0 Å². The average molecular weight is 208 g/mol. The number of tetrazole rings is 1. The van der Waals surface area contributed by atoms with Crippen molar-refractivity contribution in [2.45, 2.75) is 6.54 Å². The molecule has 2 aromatic rings. The Labute approximate surface area is 85.1 Å². The minimum Gasteiger partial charge on any atom is -0.377 e. The average Bonchev–Trinajstić information content (AvgIpc) is 2.62. The molecule has 0 aliphatic heterocycles. The number of aromatic nitrogens is 5. The normalized spacial score (nSPS) is 10.3. The third-order valence-corrected chi connectivity index (χ3v) is 1.73. The lowest BCUT2D eigenvalue weighted by Gasteiger charge is -2.01. The molecule has 7 heteroatoms. The second-order valence-corrected chi connectivity index (χ2v) is 2.92. The Kier molecular flexibility index (Phi) is 2.53. The lowest BCUT2D eigenvalue weighted by molar-refractivity contribution is 0.584. The molecule has 0 unspecified atom stereocenters. The van der Waals surface area contributed by atoms with Crippen molar-refractivity contribution in [1.82, 2.24) is 25.2 Å². The first-order chi connectivity index (χ1) is 7.24. The number of rotatable bonds is 3. The van der Waals surface area contributed by atoms with Crippen molar-refractivity contribution in [3.63, 3.8) is 0 Å². The number of hydrogen-bond acceptors (Lipinski definition) is 5. The second kappa shape index (κ2) is 3.99. The molecule has 0 radical (unpaired) electrons. The van der Waals surface area contributed by atoms with E-state index in [2.05, 4.69) is 25.7 Å². The molecule has 6 nitrogen and oxygen atoms in total. The number of nitrogens with zero attached hydrogens (tertiary/aromatic N) is 5. The summed E-state index contributed by atoms with van der Waals surface area (Å²) in [6.45, 7) is 0.400. The molecule has 0 saturated heterocycles. The van der Waals surface area contributed by atoms with Crippen LogP contribution in [0, 0.1) is 5.95 Å². The van der Waals surface area contributed by atoms with E-state index in [-0.39, 0.29) is 0 Å². The van der Waals surface area contributed by atoms with Crippen LogP contribution in [0.15, 0.2) is 18.3 Å². The van der Waals surface area contributed by atoms with E-state index in [9.17, 15) is 4.39 Å². The van der Waals surface area contributed by atoms with E-state index < -0.39 is 5.95 Å². The summed E-state index contributed by atoms with van der Waals surface area (Å²) in [7, 11) is 1.68. The van der Waals surface area contributed by atoms with Crippen LogP contribution in [0.4, 0.5) is 10.1 Å². The van der Waals surface area contributed by atoms with Gasteiger partial charge in [-0.15, -0.1) is 10.2 Å². The van der Waals surface area contributed by atoms with Crippen LogP contribution < -0.4 is 5.32 Å². The van der Waals surface area contributed by atoms with Crippen LogP contribution in [-0.2, 0) is 13.6 Å². The Bertz CT molecular complexity index is 454. The molecule has 2 aromatic heterocycles. The van der Waals surface area contributed by atoms with Gasteiger partial charge in [0.1, 0.15) is 0 Å². The molecular formula is C8H9FN6. The minimum absolute atomic E-state index is 0.400. The molecule has 0 amide bonds. The van der Waals surface area contributed by atoms with Crippen molar-refractivity contribution in [1.29, 1.82) is 0 Å². The van der Waals surface area contributed by atoms with Crippen LogP contribution >= 0.6 is 0 Å². The first-order valence-corrected chi connectivity index (χ1v) is 4.32. The van der Waals surface area contributed by atoms with Gasteiger partial charge in [0.2, 0.25) is 5.95 Å². The molecule has 0 fully saturated rings. The number of halogens is 1. The molecule has 0 spiro atoms. The number of pyridine rings is 1. The number of hydrogen-bond donors (Lipinski definition) is 1. The van der Waals surface area contributed by atoms with Gasteiger partial charge in [0.05, 0.1) is 13.6 Å². The summed E-state index contributed by atoms with van der Waals surface area (Å²) in [6, 6.07) is 2.97. The minimum atomic E-state index is -0.521. The molecule has 0 aliphatic rings. The Morgan fingerprint density at radius 2 is 2.40 bits per heavy atom. The van der Waals surface area contributed by atoms with Crippen molar-refractivity contribution < 1.29 is 4.39 Å². The molecule has 2 rings (SSSR count). The van der Waals surface area contributed by atoms with Gasteiger partial charge in [0, 0.05) is 18.0 Å². The maximum absolute atomic E-state index is 12.7. The van der Waals surface area contributed by atoms with Gasteiger partial charge < -0.3 is 5.32 Å². The highest BCUT2D eigenvalue weighted by Gasteiger charge is 2.00. The highest BCUT2D eigenvalue weighted by Crippen LogP contribution is 2.07. The van der Waals surface area contributed by atoms with Gasteiger partial charge in [-0.3, -0.25) is 0 Å². The van der Waals surface area contributed by atoms with Gasteiger partial charge in [-0.1, -0.05) is 0 Å². The van der Waals surface area contributed by atoms with Gasteiger partial charge in [0.15, 0.2) is 5.82 Å². The summed E-state index contributed by atoms with van der Waals surface area (Å²) < 4.78 is 12.7. The van der Waals surface area contributed by atoms with Crippen LogP contribution in [0.2, 0.25) is 0 Å². The SMILES string of the molecule is Cn1nnc(CNc2ccnc(F)c2)n1. The monoisotopic (exact) mass is 208 g/mol. The molecule has 0 atom stereocenters. The van der Waals surface area contributed by atoms with Gasteiger partial charge >= 0.3 is 0 Å². The zero-order chi connectivity index (χ0) is 10.7. The topological polar surface area (TPSA) is 68.5 Å². The smallest absolute Gasteiger partial charge is 0.214 e. The lowest BCUT2D eigenvalue weighted by Crippen LogP contribution is -2.02. The maximum Gasteiger partial charge on any atom is 0.214 e. The lowest BCUT2D eigenvalue weighted by atomic mass is 10.4. The standard InChI is InChI=1S/C8H9FN6/c1-15-13-8(12-14-15)5-11-6-2-3-10-7(9)4-6/h2-4H,5H2,1H3,(H,10,11). The molecule has 2 heterocycles. The molecule has 1 N–H and O–H groups in total. The highest BCUT2D eigenvalue weighted by atomic mass is 19.1.